The van der Waals surface area contributed by atoms with Gasteiger partial charge in [0, 0.05) is 37.7 Å². The summed E-state index contributed by atoms with van der Waals surface area (Å²) >= 11 is 0. The summed E-state index contributed by atoms with van der Waals surface area (Å²) in [6, 6.07) is 6.26. The molecular formula is C19H20N4O2. The van der Waals surface area contributed by atoms with Crippen LogP contribution in [0, 0.1) is 12.8 Å². The topological polar surface area (TPSA) is 66.4 Å². The number of benzene rings is 1. The number of anilines is 1. The van der Waals surface area contributed by atoms with Crippen molar-refractivity contribution in [2.75, 3.05) is 24.5 Å². The van der Waals surface area contributed by atoms with Crippen molar-refractivity contribution in [3.8, 4) is 0 Å². The smallest absolute Gasteiger partial charge is 0.274 e. The Bertz CT molecular complexity index is 815. The molecule has 2 aliphatic rings. The van der Waals surface area contributed by atoms with E-state index in [9.17, 15) is 9.59 Å². The third-order valence-electron chi connectivity index (χ3n) is 4.92. The molecule has 0 aliphatic carbocycles. The molecule has 0 N–H and O–H groups in total. The molecule has 0 unspecified atom stereocenters. The number of hydrogen-bond donors (Lipinski definition) is 0. The quantitative estimate of drug-likeness (QED) is 0.839. The van der Waals surface area contributed by atoms with E-state index in [1.54, 1.807) is 4.90 Å². The first kappa shape index (κ1) is 15.7. The molecule has 1 saturated heterocycles. The number of carbonyl (C=O) groups is 2. The first-order chi connectivity index (χ1) is 12.1. The lowest BCUT2D eigenvalue weighted by Crippen LogP contribution is -2.57. The van der Waals surface area contributed by atoms with E-state index in [4.69, 9.17) is 0 Å². The standard InChI is InChI=1S/C19H20N4O2/c1-13-4-5-17-14(9-13)3-2-8-23(17)18(24)15-11-22(12-15)19(25)16-10-20-6-7-21-16/h4-7,9-10,15H,2-3,8,11-12H2,1H3. The number of likely N-dealkylation sites (tertiary alicyclic amines) is 1. The molecule has 6 heteroatoms. The fourth-order valence-corrected chi connectivity index (χ4v) is 3.55. The van der Waals surface area contributed by atoms with Gasteiger partial charge in [0.25, 0.3) is 5.91 Å². The van der Waals surface area contributed by atoms with Crippen molar-refractivity contribution in [2.24, 2.45) is 5.92 Å². The number of aromatic nitrogens is 2. The summed E-state index contributed by atoms with van der Waals surface area (Å²) in [4.78, 5) is 36.7. The Hall–Kier alpha value is -2.76. The normalized spacial score (nSPS) is 17.0. The number of carbonyl (C=O) groups excluding carboxylic acids is 2. The van der Waals surface area contributed by atoms with Gasteiger partial charge in [0.15, 0.2) is 0 Å². The highest BCUT2D eigenvalue weighted by atomic mass is 16.2. The maximum Gasteiger partial charge on any atom is 0.274 e. The van der Waals surface area contributed by atoms with Crippen LogP contribution in [0.5, 0.6) is 0 Å². The van der Waals surface area contributed by atoms with Crippen LogP contribution in [0.4, 0.5) is 5.69 Å². The van der Waals surface area contributed by atoms with Crippen LogP contribution in [-0.2, 0) is 11.2 Å². The maximum absolute atomic E-state index is 12.9. The fourth-order valence-electron chi connectivity index (χ4n) is 3.55. The molecule has 4 rings (SSSR count). The molecule has 1 aromatic carbocycles. The molecule has 3 heterocycles. The second kappa shape index (κ2) is 6.27. The van der Waals surface area contributed by atoms with Crippen molar-refractivity contribution in [3.63, 3.8) is 0 Å². The van der Waals surface area contributed by atoms with Crippen molar-refractivity contribution >= 4 is 17.5 Å². The zero-order chi connectivity index (χ0) is 17.4. The van der Waals surface area contributed by atoms with E-state index in [-0.39, 0.29) is 17.7 Å². The number of amides is 2. The largest absolute Gasteiger partial charge is 0.336 e. The highest BCUT2D eigenvalue weighted by molar-refractivity contribution is 5.99. The van der Waals surface area contributed by atoms with E-state index < -0.39 is 0 Å². The predicted molar refractivity (Wildman–Crippen MR) is 93.3 cm³/mol. The van der Waals surface area contributed by atoms with E-state index in [1.807, 2.05) is 11.0 Å². The zero-order valence-corrected chi connectivity index (χ0v) is 14.2. The van der Waals surface area contributed by atoms with Crippen molar-refractivity contribution in [3.05, 3.63) is 53.6 Å². The molecule has 128 valence electrons. The Morgan fingerprint density at radius 3 is 2.80 bits per heavy atom. The van der Waals surface area contributed by atoms with E-state index in [1.165, 1.54) is 29.7 Å². The second-order valence-electron chi connectivity index (χ2n) is 6.72. The van der Waals surface area contributed by atoms with Crippen molar-refractivity contribution in [2.45, 2.75) is 19.8 Å². The number of hydrogen-bond acceptors (Lipinski definition) is 4. The van der Waals surface area contributed by atoms with E-state index in [0.717, 1.165) is 25.1 Å². The van der Waals surface area contributed by atoms with Crippen molar-refractivity contribution in [1.29, 1.82) is 0 Å². The highest BCUT2D eigenvalue weighted by Gasteiger charge is 2.39. The number of fused-ring (bicyclic) bond motifs is 1. The molecule has 0 radical (unpaired) electrons. The minimum Gasteiger partial charge on any atom is -0.336 e. The zero-order valence-electron chi connectivity index (χ0n) is 14.2. The molecule has 0 spiro atoms. The Labute approximate surface area is 146 Å². The summed E-state index contributed by atoms with van der Waals surface area (Å²) in [5.74, 6) is -0.173. The SMILES string of the molecule is Cc1ccc2c(c1)CCCN2C(=O)C1CN(C(=O)c2cnccn2)C1. The first-order valence-corrected chi connectivity index (χ1v) is 8.59. The van der Waals surface area contributed by atoms with Crippen LogP contribution in [0.3, 0.4) is 0 Å². The lowest BCUT2D eigenvalue weighted by molar-refractivity contribution is -0.126. The molecule has 2 amide bonds. The molecule has 0 saturated carbocycles. The van der Waals surface area contributed by atoms with Gasteiger partial charge in [0.1, 0.15) is 5.69 Å². The van der Waals surface area contributed by atoms with E-state index >= 15 is 0 Å². The molecule has 1 aromatic heterocycles. The van der Waals surface area contributed by atoms with Crippen molar-refractivity contribution in [1.82, 2.24) is 14.9 Å². The van der Waals surface area contributed by atoms with Gasteiger partial charge in [0.05, 0.1) is 12.1 Å². The van der Waals surface area contributed by atoms with Gasteiger partial charge in [-0.05, 0) is 31.4 Å². The number of nitrogens with zero attached hydrogens (tertiary/aromatic N) is 4. The van der Waals surface area contributed by atoms with E-state index in [0.29, 0.717) is 18.8 Å². The Kier molecular flexibility index (Phi) is 3.95. The van der Waals surface area contributed by atoms with Crippen molar-refractivity contribution < 1.29 is 9.59 Å². The minimum absolute atomic E-state index is 0.119. The van der Waals surface area contributed by atoms with E-state index in [2.05, 4.69) is 29.0 Å². The molecule has 2 aliphatic heterocycles. The van der Waals surface area contributed by atoms with Gasteiger partial charge in [-0.15, -0.1) is 0 Å². The minimum atomic E-state index is -0.160. The summed E-state index contributed by atoms with van der Waals surface area (Å²) in [6.07, 6.45) is 6.50. The van der Waals surface area contributed by atoms with Crippen LogP contribution in [0.2, 0.25) is 0 Å². The average Bonchev–Trinajstić information content (AvgIpc) is 2.60. The van der Waals surface area contributed by atoms with Crippen LogP contribution >= 0.6 is 0 Å². The van der Waals surface area contributed by atoms with Gasteiger partial charge in [-0.1, -0.05) is 17.7 Å². The molecule has 0 bridgehead atoms. The summed E-state index contributed by atoms with van der Waals surface area (Å²) in [7, 11) is 0. The van der Waals surface area contributed by atoms with Crippen LogP contribution in [0.15, 0.2) is 36.8 Å². The lowest BCUT2D eigenvalue weighted by Gasteiger charge is -2.41. The Morgan fingerprint density at radius 2 is 2.04 bits per heavy atom. The third-order valence-corrected chi connectivity index (χ3v) is 4.92. The number of rotatable bonds is 2. The highest BCUT2D eigenvalue weighted by Crippen LogP contribution is 2.31. The third kappa shape index (κ3) is 2.88. The molecule has 0 atom stereocenters. The Balaban J connectivity index is 1.44. The summed E-state index contributed by atoms with van der Waals surface area (Å²) in [5.41, 5.74) is 3.82. The molecule has 2 aromatic rings. The van der Waals surface area contributed by atoms with Gasteiger partial charge in [-0.25, -0.2) is 4.98 Å². The van der Waals surface area contributed by atoms with Gasteiger partial charge in [-0.3, -0.25) is 14.6 Å². The summed E-state index contributed by atoms with van der Waals surface area (Å²) in [5, 5.41) is 0. The van der Waals surface area contributed by atoms with Gasteiger partial charge >= 0.3 is 0 Å². The fraction of sp³-hybridized carbons (Fsp3) is 0.368. The molecular weight excluding hydrogens is 316 g/mol. The Morgan fingerprint density at radius 1 is 1.20 bits per heavy atom. The molecule has 1 fully saturated rings. The maximum atomic E-state index is 12.9. The van der Waals surface area contributed by atoms with Gasteiger partial charge in [-0.2, -0.15) is 0 Å². The predicted octanol–water partition coefficient (Wildman–Crippen LogP) is 1.84. The van der Waals surface area contributed by atoms with Gasteiger partial charge < -0.3 is 9.80 Å². The van der Waals surface area contributed by atoms with Crippen LogP contribution in [-0.4, -0.2) is 46.3 Å². The lowest BCUT2D eigenvalue weighted by atomic mass is 9.94. The molecule has 25 heavy (non-hydrogen) atoms. The average molecular weight is 336 g/mol. The monoisotopic (exact) mass is 336 g/mol. The van der Waals surface area contributed by atoms with Gasteiger partial charge in [0.2, 0.25) is 5.91 Å². The second-order valence-corrected chi connectivity index (χ2v) is 6.72. The summed E-state index contributed by atoms with van der Waals surface area (Å²) in [6.45, 7) is 3.73. The van der Waals surface area contributed by atoms with Crippen LogP contribution in [0.1, 0.15) is 28.0 Å². The summed E-state index contributed by atoms with van der Waals surface area (Å²) < 4.78 is 0. The van der Waals surface area contributed by atoms with Crippen LogP contribution < -0.4 is 4.90 Å². The first-order valence-electron chi connectivity index (χ1n) is 8.59. The molecule has 6 nitrogen and oxygen atoms in total. The van der Waals surface area contributed by atoms with Crippen LogP contribution in [0.25, 0.3) is 0 Å². The number of aryl methyl sites for hydroxylation is 2.